The molecule has 0 bridgehead atoms. The van der Waals surface area contributed by atoms with Gasteiger partial charge in [0, 0.05) is 25.9 Å². The van der Waals surface area contributed by atoms with Gasteiger partial charge < -0.3 is 10.6 Å². The molecule has 4 nitrogen and oxygen atoms in total. The Bertz CT molecular complexity index is 326. The minimum atomic E-state index is 0.461. The van der Waals surface area contributed by atoms with Crippen LogP contribution in [0.25, 0.3) is 0 Å². The van der Waals surface area contributed by atoms with Crippen molar-refractivity contribution in [1.82, 2.24) is 15.1 Å². The first-order valence-electron chi connectivity index (χ1n) is 6.18. The lowest BCUT2D eigenvalue weighted by Gasteiger charge is -2.37. The van der Waals surface area contributed by atoms with E-state index in [9.17, 15) is 0 Å². The van der Waals surface area contributed by atoms with Crippen molar-refractivity contribution >= 4 is 5.82 Å². The van der Waals surface area contributed by atoms with Crippen LogP contribution in [0, 0.1) is 5.41 Å². The Morgan fingerprint density at radius 2 is 2.25 bits per heavy atom. The molecule has 1 aliphatic heterocycles. The second-order valence-corrected chi connectivity index (χ2v) is 4.83. The van der Waals surface area contributed by atoms with E-state index in [1.165, 1.54) is 19.3 Å². The van der Waals surface area contributed by atoms with Crippen molar-refractivity contribution < 1.29 is 0 Å². The molecule has 0 amide bonds. The molecule has 0 radical (unpaired) electrons. The molecule has 0 atom stereocenters. The maximum atomic E-state index is 4.35. The third-order valence-electron chi connectivity index (χ3n) is 3.77. The number of hydrogen-bond donors (Lipinski definition) is 2. The Hall–Kier alpha value is -1.03. The predicted molar refractivity (Wildman–Crippen MR) is 66.5 cm³/mol. The average Bonchev–Trinajstić information content (AvgIpc) is 2.74. The van der Waals surface area contributed by atoms with E-state index in [0.717, 1.165) is 25.5 Å². The van der Waals surface area contributed by atoms with Crippen molar-refractivity contribution in [1.29, 1.82) is 0 Å². The molecule has 1 fully saturated rings. The number of aromatic nitrogens is 2. The number of aryl methyl sites for hydroxylation is 1. The Balaban J connectivity index is 1.91. The fourth-order valence-electron chi connectivity index (χ4n) is 2.40. The lowest BCUT2D eigenvalue weighted by Crippen LogP contribution is -2.40. The normalized spacial score (nSPS) is 19.6. The second-order valence-electron chi connectivity index (χ2n) is 4.83. The van der Waals surface area contributed by atoms with Crippen LogP contribution in [0.1, 0.15) is 26.2 Å². The Morgan fingerprint density at radius 3 is 2.81 bits per heavy atom. The largest absolute Gasteiger partial charge is 0.368 e. The zero-order valence-corrected chi connectivity index (χ0v) is 10.3. The third-order valence-corrected chi connectivity index (χ3v) is 3.77. The van der Waals surface area contributed by atoms with Crippen molar-refractivity contribution in [3.8, 4) is 0 Å². The Labute approximate surface area is 97.4 Å². The highest BCUT2D eigenvalue weighted by molar-refractivity contribution is 5.32. The fraction of sp³-hybridized carbons (Fsp3) is 0.750. The summed E-state index contributed by atoms with van der Waals surface area (Å²) in [6.07, 6.45) is 5.75. The number of anilines is 1. The summed E-state index contributed by atoms with van der Waals surface area (Å²) < 4.78 is 1.84. The minimum Gasteiger partial charge on any atom is -0.368 e. The summed E-state index contributed by atoms with van der Waals surface area (Å²) in [5, 5.41) is 11.2. The molecule has 0 spiro atoms. The van der Waals surface area contributed by atoms with Crippen molar-refractivity contribution in [2.75, 3.05) is 25.0 Å². The van der Waals surface area contributed by atoms with Crippen molar-refractivity contribution in [3.63, 3.8) is 0 Å². The summed E-state index contributed by atoms with van der Waals surface area (Å²) in [6.45, 7) is 5.64. The molecule has 16 heavy (non-hydrogen) atoms. The summed E-state index contributed by atoms with van der Waals surface area (Å²) >= 11 is 0. The van der Waals surface area contributed by atoms with Crippen LogP contribution in [0.5, 0.6) is 0 Å². The second kappa shape index (κ2) is 4.87. The van der Waals surface area contributed by atoms with E-state index in [2.05, 4.69) is 22.7 Å². The van der Waals surface area contributed by atoms with E-state index in [-0.39, 0.29) is 0 Å². The molecule has 1 aliphatic rings. The van der Waals surface area contributed by atoms with E-state index < -0.39 is 0 Å². The number of hydrogen-bond acceptors (Lipinski definition) is 3. The highest BCUT2D eigenvalue weighted by atomic mass is 15.3. The zero-order chi connectivity index (χ0) is 11.4. The predicted octanol–water partition coefficient (Wildman–Crippen LogP) is 1.61. The summed E-state index contributed by atoms with van der Waals surface area (Å²) in [4.78, 5) is 0. The van der Waals surface area contributed by atoms with Crippen molar-refractivity contribution in [2.24, 2.45) is 12.5 Å². The van der Waals surface area contributed by atoms with E-state index in [1.54, 1.807) is 0 Å². The number of rotatable bonds is 4. The summed E-state index contributed by atoms with van der Waals surface area (Å²) in [5.41, 5.74) is 0.461. The van der Waals surface area contributed by atoms with E-state index in [0.29, 0.717) is 5.41 Å². The maximum absolute atomic E-state index is 4.35. The van der Waals surface area contributed by atoms with Crippen LogP contribution in [-0.4, -0.2) is 29.4 Å². The van der Waals surface area contributed by atoms with E-state index >= 15 is 0 Å². The van der Waals surface area contributed by atoms with Crippen molar-refractivity contribution in [2.45, 2.75) is 26.2 Å². The molecule has 1 saturated heterocycles. The van der Waals surface area contributed by atoms with Crippen LogP contribution < -0.4 is 10.6 Å². The molecule has 1 aromatic heterocycles. The van der Waals surface area contributed by atoms with Crippen LogP contribution in [0.15, 0.2) is 12.3 Å². The van der Waals surface area contributed by atoms with Gasteiger partial charge in [-0.25, -0.2) is 0 Å². The third kappa shape index (κ3) is 2.55. The topological polar surface area (TPSA) is 41.9 Å². The molecule has 4 heteroatoms. The van der Waals surface area contributed by atoms with Gasteiger partial charge in [0.1, 0.15) is 5.82 Å². The SMILES string of the molecule is CCC1(CNc2ccn(C)n2)CCNCC1. The summed E-state index contributed by atoms with van der Waals surface area (Å²) in [7, 11) is 1.95. The Morgan fingerprint density at radius 1 is 1.50 bits per heavy atom. The van der Waals surface area contributed by atoms with Gasteiger partial charge in [0.25, 0.3) is 0 Å². The van der Waals surface area contributed by atoms with Gasteiger partial charge >= 0.3 is 0 Å². The molecule has 0 aliphatic carbocycles. The standard InChI is InChI=1S/C12H22N4/c1-3-12(5-7-13-8-6-12)10-14-11-4-9-16(2)15-11/h4,9,13H,3,5-8,10H2,1-2H3,(H,14,15). The van der Waals surface area contributed by atoms with Gasteiger partial charge in [-0.3, -0.25) is 4.68 Å². The van der Waals surface area contributed by atoms with Gasteiger partial charge in [0.15, 0.2) is 0 Å². The number of nitrogens with zero attached hydrogens (tertiary/aromatic N) is 2. The van der Waals surface area contributed by atoms with Gasteiger partial charge in [-0.05, 0) is 37.8 Å². The molecule has 90 valence electrons. The minimum absolute atomic E-state index is 0.461. The molecule has 1 aromatic rings. The molecule has 2 N–H and O–H groups in total. The number of nitrogens with one attached hydrogen (secondary N) is 2. The average molecular weight is 222 g/mol. The van der Waals surface area contributed by atoms with E-state index in [1.807, 2.05) is 24.0 Å². The van der Waals surface area contributed by atoms with Crippen LogP contribution in [0.2, 0.25) is 0 Å². The molecule has 0 saturated carbocycles. The van der Waals surface area contributed by atoms with Crippen LogP contribution in [-0.2, 0) is 7.05 Å². The summed E-state index contributed by atoms with van der Waals surface area (Å²) in [5.74, 6) is 0.994. The quantitative estimate of drug-likeness (QED) is 0.813. The molecular formula is C12H22N4. The first-order valence-corrected chi connectivity index (χ1v) is 6.18. The van der Waals surface area contributed by atoms with Crippen LogP contribution >= 0.6 is 0 Å². The van der Waals surface area contributed by atoms with Crippen LogP contribution in [0.3, 0.4) is 0 Å². The van der Waals surface area contributed by atoms with Gasteiger partial charge in [-0.2, -0.15) is 5.10 Å². The lowest BCUT2D eigenvalue weighted by molar-refractivity contribution is 0.210. The first kappa shape index (κ1) is 11.5. The molecular weight excluding hydrogens is 200 g/mol. The molecule has 2 rings (SSSR count). The van der Waals surface area contributed by atoms with E-state index in [4.69, 9.17) is 0 Å². The maximum Gasteiger partial charge on any atom is 0.147 e. The molecule has 0 unspecified atom stereocenters. The molecule has 2 heterocycles. The van der Waals surface area contributed by atoms with Gasteiger partial charge in [-0.1, -0.05) is 6.92 Å². The fourth-order valence-corrected chi connectivity index (χ4v) is 2.40. The zero-order valence-electron chi connectivity index (χ0n) is 10.3. The highest BCUT2D eigenvalue weighted by Gasteiger charge is 2.29. The molecule has 0 aromatic carbocycles. The Kier molecular flexibility index (Phi) is 3.49. The van der Waals surface area contributed by atoms with Gasteiger partial charge in [-0.15, -0.1) is 0 Å². The highest BCUT2D eigenvalue weighted by Crippen LogP contribution is 2.32. The van der Waals surface area contributed by atoms with Crippen LogP contribution in [0.4, 0.5) is 5.82 Å². The summed E-state index contributed by atoms with van der Waals surface area (Å²) in [6, 6.07) is 2.03. The van der Waals surface area contributed by atoms with Crippen molar-refractivity contribution in [3.05, 3.63) is 12.3 Å². The smallest absolute Gasteiger partial charge is 0.147 e. The monoisotopic (exact) mass is 222 g/mol. The van der Waals surface area contributed by atoms with Gasteiger partial charge in [0.05, 0.1) is 0 Å². The van der Waals surface area contributed by atoms with Gasteiger partial charge in [0.2, 0.25) is 0 Å². The first-order chi connectivity index (χ1) is 7.74. The number of piperidine rings is 1. The lowest BCUT2D eigenvalue weighted by atomic mass is 9.76.